The van der Waals surface area contributed by atoms with E-state index in [1.165, 1.54) is 17.5 Å². The van der Waals surface area contributed by atoms with E-state index in [-0.39, 0.29) is 11.8 Å². The lowest BCUT2D eigenvalue weighted by atomic mass is 9.99. The lowest BCUT2D eigenvalue weighted by molar-refractivity contribution is -0.126. The third kappa shape index (κ3) is 2.50. The molecule has 2 aromatic rings. The topological polar surface area (TPSA) is 45.2 Å². The SMILES string of the molecule is O=C(NC1CCCC1)C1CN(c2nc3ccccc3s2)C1. The normalized spacial score (nSPS) is 19.9. The van der Waals surface area contributed by atoms with E-state index >= 15 is 0 Å². The summed E-state index contributed by atoms with van der Waals surface area (Å²) >= 11 is 1.71. The molecular formula is C16H19N3OS. The molecule has 21 heavy (non-hydrogen) atoms. The molecule has 1 N–H and O–H groups in total. The minimum Gasteiger partial charge on any atom is -0.353 e. The molecule has 2 fully saturated rings. The number of nitrogens with one attached hydrogen (secondary N) is 1. The summed E-state index contributed by atoms with van der Waals surface area (Å²) < 4.78 is 1.21. The van der Waals surface area contributed by atoms with Gasteiger partial charge in [-0.2, -0.15) is 0 Å². The zero-order chi connectivity index (χ0) is 14.2. The van der Waals surface area contributed by atoms with Crippen LogP contribution in [-0.4, -0.2) is 30.0 Å². The van der Waals surface area contributed by atoms with Crippen LogP contribution in [0.1, 0.15) is 25.7 Å². The van der Waals surface area contributed by atoms with E-state index in [9.17, 15) is 4.79 Å². The molecule has 5 heteroatoms. The van der Waals surface area contributed by atoms with Gasteiger partial charge in [-0.25, -0.2) is 4.98 Å². The van der Waals surface area contributed by atoms with Gasteiger partial charge in [0.25, 0.3) is 0 Å². The van der Waals surface area contributed by atoms with Crippen LogP contribution in [0, 0.1) is 5.92 Å². The van der Waals surface area contributed by atoms with Crippen LogP contribution in [-0.2, 0) is 4.79 Å². The van der Waals surface area contributed by atoms with Gasteiger partial charge in [-0.05, 0) is 25.0 Å². The molecule has 0 unspecified atom stereocenters. The average Bonchev–Trinajstić information content (AvgIpc) is 3.05. The molecule has 1 aliphatic heterocycles. The van der Waals surface area contributed by atoms with Crippen LogP contribution in [0.5, 0.6) is 0 Å². The number of benzene rings is 1. The van der Waals surface area contributed by atoms with Crippen molar-refractivity contribution in [1.82, 2.24) is 10.3 Å². The zero-order valence-corrected chi connectivity index (χ0v) is 12.7. The molecule has 2 aliphatic rings. The minimum atomic E-state index is 0.137. The van der Waals surface area contributed by atoms with Crippen molar-refractivity contribution >= 4 is 32.6 Å². The van der Waals surface area contributed by atoms with Gasteiger partial charge in [0.15, 0.2) is 5.13 Å². The van der Waals surface area contributed by atoms with Crippen LogP contribution in [0.3, 0.4) is 0 Å². The van der Waals surface area contributed by atoms with Crippen molar-refractivity contribution in [2.45, 2.75) is 31.7 Å². The predicted molar refractivity (Wildman–Crippen MR) is 85.7 cm³/mol. The summed E-state index contributed by atoms with van der Waals surface area (Å²) in [6.45, 7) is 1.61. The quantitative estimate of drug-likeness (QED) is 0.948. The molecular weight excluding hydrogens is 282 g/mol. The lowest BCUT2D eigenvalue weighted by Gasteiger charge is -2.38. The second kappa shape index (κ2) is 5.30. The summed E-state index contributed by atoms with van der Waals surface area (Å²) in [4.78, 5) is 19.0. The molecule has 1 amide bonds. The predicted octanol–water partition coefficient (Wildman–Crippen LogP) is 2.79. The van der Waals surface area contributed by atoms with Crippen LogP contribution < -0.4 is 10.2 Å². The number of para-hydroxylation sites is 1. The number of amides is 1. The van der Waals surface area contributed by atoms with Crippen molar-refractivity contribution in [2.24, 2.45) is 5.92 Å². The average molecular weight is 301 g/mol. The second-order valence-electron chi connectivity index (χ2n) is 6.06. The van der Waals surface area contributed by atoms with E-state index < -0.39 is 0 Å². The van der Waals surface area contributed by atoms with E-state index in [1.54, 1.807) is 11.3 Å². The lowest BCUT2D eigenvalue weighted by Crippen LogP contribution is -2.55. The Morgan fingerprint density at radius 3 is 2.76 bits per heavy atom. The fourth-order valence-corrected chi connectivity index (χ4v) is 4.17. The van der Waals surface area contributed by atoms with Crippen molar-refractivity contribution in [2.75, 3.05) is 18.0 Å². The maximum Gasteiger partial charge on any atom is 0.226 e. The van der Waals surface area contributed by atoms with Gasteiger partial charge >= 0.3 is 0 Å². The van der Waals surface area contributed by atoms with Crippen LogP contribution in [0.4, 0.5) is 5.13 Å². The highest BCUT2D eigenvalue weighted by Gasteiger charge is 2.35. The number of carbonyl (C=O) groups excluding carboxylic acids is 1. The number of thiazole rings is 1. The number of anilines is 1. The maximum absolute atomic E-state index is 12.2. The Morgan fingerprint density at radius 1 is 1.24 bits per heavy atom. The number of rotatable bonds is 3. The van der Waals surface area contributed by atoms with E-state index in [0.717, 1.165) is 36.6 Å². The Hall–Kier alpha value is -1.62. The first-order chi connectivity index (χ1) is 10.3. The van der Waals surface area contributed by atoms with Crippen LogP contribution in [0.15, 0.2) is 24.3 Å². The molecule has 1 aromatic carbocycles. The zero-order valence-electron chi connectivity index (χ0n) is 11.9. The molecule has 1 saturated heterocycles. The first-order valence-corrected chi connectivity index (χ1v) is 8.52. The van der Waals surface area contributed by atoms with E-state index in [2.05, 4.69) is 21.3 Å². The molecule has 0 atom stereocenters. The van der Waals surface area contributed by atoms with Crippen molar-refractivity contribution in [1.29, 1.82) is 0 Å². The fraction of sp³-hybridized carbons (Fsp3) is 0.500. The fourth-order valence-electron chi connectivity index (χ4n) is 3.19. The smallest absolute Gasteiger partial charge is 0.226 e. The van der Waals surface area contributed by atoms with Crippen LogP contribution >= 0.6 is 11.3 Å². The van der Waals surface area contributed by atoms with Gasteiger partial charge in [-0.3, -0.25) is 4.79 Å². The van der Waals surface area contributed by atoms with Gasteiger partial charge in [0.2, 0.25) is 5.91 Å². The number of fused-ring (bicyclic) bond motifs is 1. The Morgan fingerprint density at radius 2 is 2.00 bits per heavy atom. The molecule has 1 aliphatic carbocycles. The summed E-state index contributed by atoms with van der Waals surface area (Å²) in [5.41, 5.74) is 1.05. The van der Waals surface area contributed by atoms with E-state index in [4.69, 9.17) is 0 Å². The third-order valence-corrected chi connectivity index (χ3v) is 5.60. The summed E-state index contributed by atoms with van der Waals surface area (Å²) in [5.74, 6) is 0.372. The number of hydrogen-bond acceptors (Lipinski definition) is 4. The third-order valence-electron chi connectivity index (χ3n) is 4.51. The maximum atomic E-state index is 12.2. The van der Waals surface area contributed by atoms with Crippen LogP contribution in [0.2, 0.25) is 0 Å². The van der Waals surface area contributed by atoms with Gasteiger partial charge in [0, 0.05) is 19.1 Å². The molecule has 0 radical (unpaired) electrons. The van der Waals surface area contributed by atoms with Crippen LogP contribution in [0.25, 0.3) is 10.2 Å². The molecule has 1 saturated carbocycles. The molecule has 0 spiro atoms. The number of carbonyl (C=O) groups is 1. The minimum absolute atomic E-state index is 0.137. The Kier molecular flexibility index (Phi) is 3.30. The second-order valence-corrected chi connectivity index (χ2v) is 7.07. The first-order valence-electron chi connectivity index (χ1n) is 7.70. The number of aromatic nitrogens is 1. The van der Waals surface area contributed by atoms with Gasteiger partial charge in [0.05, 0.1) is 16.1 Å². The van der Waals surface area contributed by atoms with Crippen molar-refractivity contribution in [3.05, 3.63) is 24.3 Å². The highest BCUT2D eigenvalue weighted by atomic mass is 32.1. The highest BCUT2D eigenvalue weighted by Crippen LogP contribution is 2.33. The van der Waals surface area contributed by atoms with Gasteiger partial charge in [-0.15, -0.1) is 0 Å². The van der Waals surface area contributed by atoms with Gasteiger partial charge < -0.3 is 10.2 Å². The Balaban J connectivity index is 1.36. The Labute approximate surface area is 128 Å². The summed E-state index contributed by atoms with van der Waals surface area (Å²) in [6.07, 6.45) is 4.82. The summed E-state index contributed by atoms with van der Waals surface area (Å²) in [5, 5.41) is 4.24. The van der Waals surface area contributed by atoms with E-state index in [1.807, 2.05) is 18.2 Å². The number of hydrogen-bond donors (Lipinski definition) is 1. The largest absolute Gasteiger partial charge is 0.353 e. The Bertz CT molecular complexity index is 623. The molecule has 1 aromatic heterocycles. The van der Waals surface area contributed by atoms with Crippen molar-refractivity contribution in [3.63, 3.8) is 0 Å². The van der Waals surface area contributed by atoms with Crippen molar-refractivity contribution < 1.29 is 4.79 Å². The van der Waals surface area contributed by atoms with Gasteiger partial charge in [-0.1, -0.05) is 36.3 Å². The van der Waals surface area contributed by atoms with Gasteiger partial charge in [0.1, 0.15) is 0 Å². The van der Waals surface area contributed by atoms with E-state index in [0.29, 0.717) is 6.04 Å². The standard InChI is InChI=1S/C16H19N3OS/c20-15(17-12-5-1-2-6-12)11-9-19(10-11)16-18-13-7-3-4-8-14(13)21-16/h3-4,7-8,11-12H,1-2,5-6,9-10H2,(H,17,20). The molecule has 4 rings (SSSR count). The molecule has 2 heterocycles. The summed E-state index contributed by atoms with van der Waals surface area (Å²) in [6, 6.07) is 8.62. The molecule has 0 bridgehead atoms. The molecule has 4 nitrogen and oxygen atoms in total. The first kappa shape index (κ1) is 13.1. The monoisotopic (exact) mass is 301 g/mol. The summed E-state index contributed by atoms with van der Waals surface area (Å²) in [7, 11) is 0. The molecule has 110 valence electrons. The number of nitrogens with zero attached hydrogens (tertiary/aromatic N) is 2. The highest BCUT2D eigenvalue weighted by molar-refractivity contribution is 7.22. The van der Waals surface area contributed by atoms with Crippen molar-refractivity contribution in [3.8, 4) is 0 Å².